The molecule has 0 unspecified atom stereocenters. The van der Waals surface area contributed by atoms with Crippen molar-refractivity contribution in [2.75, 3.05) is 19.6 Å². The van der Waals surface area contributed by atoms with Gasteiger partial charge in [0.25, 0.3) is 0 Å². The van der Waals surface area contributed by atoms with E-state index < -0.39 is 6.04 Å². The molecule has 1 saturated carbocycles. The predicted molar refractivity (Wildman–Crippen MR) is 103 cm³/mol. The Kier molecular flexibility index (Phi) is 6.83. The molecular weight excluding hydrogens is 340 g/mol. The summed E-state index contributed by atoms with van der Waals surface area (Å²) in [6.45, 7) is 2.25. The van der Waals surface area contributed by atoms with E-state index in [1.807, 2.05) is 17.0 Å². The van der Waals surface area contributed by atoms with Gasteiger partial charge in [-0.25, -0.2) is 0 Å². The summed E-state index contributed by atoms with van der Waals surface area (Å²) in [5.41, 5.74) is 1.04. The molecule has 0 aromatic carbocycles. The van der Waals surface area contributed by atoms with Crippen LogP contribution in [0.25, 0.3) is 0 Å². The molecule has 1 saturated heterocycles. The summed E-state index contributed by atoms with van der Waals surface area (Å²) in [5.74, 6) is 2.53. The van der Waals surface area contributed by atoms with Gasteiger partial charge in [-0.05, 0) is 24.5 Å². The Labute approximate surface area is 161 Å². The summed E-state index contributed by atoms with van der Waals surface area (Å²) in [7, 11) is 0. The second-order valence-electron chi connectivity index (χ2n) is 7.36. The molecule has 1 aliphatic heterocycles. The van der Waals surface area contributed by atoms with E-state index in [1.165, 1.54) is 6.42 Å². The predicted octanol–water partition coefficient (Wildman–Crippen LogP) is 1.57. The smallest absolute Gasteiger partial charge is 0.237 e. The minimum absolute atomic E-state index is 0.0157. The number of amides is 2. The maximum absolute atomic E-state index is 13.1. The van der Waals surface area contributed by atoms with Crippen LogP contribution in [0.4, 0.5) is 0 Å². The topological polar surface area (TPSA) is 65.5 Å². The molecule has 27 heavy (non-hydrogen) atoms. The number of nitrogens with zero attached hydrogens (tertiary/aromatic N) is 3. The maximum atomic E-state index is 13.1. The Morgan fingerprint density at radius 2 is 2.19 bits per heavy atom. The van der Waals surface area contributed by atoms with Gasteiger partial charge >= 0.3 is 0 Å². The van der Waals surface area contributed by atoms with Gasteiger partial charge < -0.3 is 10.2 Å². The monoisotopic (exact) mass is 368 g/mol. The van der Waals surface area contributed by atoms with E-state index >= 15 is 0 Å². The van der Waals surface area contributed by atoms with E-state index in [1.54, 1.807) is 12.4 Å². The van der Waals surface area contributed by atoms with Crippen molar-refractivity contribution < 1.29 is 9.59 Å². The Bertz CT molecular complexity index is 679. The highest BCUT2D eigenvalue weighted by Gasteiger charge is 2.34. The van der Waals surface area contributed by atoms with Gasteiger partial charge in [-0.1, -0.05) is 31.2 Å². The lowest BCUT2D eigenvalue weighted by molar-refractivity contribution is -0.140. The lowest BCUT2D eigenvalue weighted by Crippen LogP contribution is -2.56. The molecule has 1 atom stereocenters. The van der Waals surface area contributed by atoms with E-state index in [0.29, 0.717) is 19.6 Å². The van der Waals surface area contributed by atoms with Gasteiger partial charge in [0.2, 0.25) is 11.8 Å². The maximum Gasteiger partial charge on any atom is 0.237 e. The molecule has 6 heteroatoms. The van der Waals surface area contributed by atoms with Gasteiger partial charge in [0, 0.05) is 38.1 Å². The van der Waals surface area contributed by atoms with E-state index in [-0.39, 0.29) is 24.3 Å². The van der Waals surface area contributed by atoms with Crippen LogP contribution in [-0.2, 0) is 16.1 Å². The minimum atomic E-state index is -0.463. The van der Waals surface area contributed by atoms with Crippen molar-refractivity contribution in [2.24, 2.45) is 0 Å². The fraction of sp³-hybridized carbons (Fsp3) is 0.571. The number of rotatable bonds is 6. The number of aromatic nitrogens is 1. The minimum Gasteiger partial charge on any atom is -0.353 e. The zero-order valence-corrected chi connectivity index (χ0v) is 15.8. The highest BCUT2D eigenvalue weighted by Crippen LogP contribution is 2.24. The fourth-order valence-electron chi connectivity index (χ4n) is 4.09. The Morgan fingerprint density at radius 3 is 2.89 bits per heavy atom. The summed E-state index contributed by atoms with van der Waals surface area (Å²) >= 11 is 0. The molecule has 2 aliphatic rings. The van der Waals surface area contributed by atoms with Crippen LogP contribution < -0.4 is 5.32 Å². The molecule has 3 rings (SSSR count). The van der Waals surface area contributed by atoms with E-state index in [2.05, 4.69) is 21.1 Å². The first-order valence-electron chi connectivity index (χ1n) is 9.82. The lowest BCUT2D eigenvalue weighted by Gasteiger charge is -2.38. The van der Waals surface area contributed by atoms with Gasteiger partial charge in [0.15, 0.2) is 0 Å². The van der Waals surface area contributed by atoms with Crippen LogP contribution in [0.15, 0.2) is 24.5 Å². The molecule has 0 radical (unpaired) electrons. The van der Waals surface area contributed by atoms with Crippen LogP contribution in [0.2, 0.25) is 0 Å². The van der Waals surface area contributed by atoms with Crippen molar-refractivity contribution in [3.8, 4) is 12.3 Å². The van der Waals surface area contributed by atoms with Gasteiger partial charge in [0.05, 0.1) is 19.0 Å². The largest absolute Gasteiger partial charge is 0.353 e. The van der Waals surface area contributed by atoms with E-state index in [4.69, 9.17) is 6.42 Å². The molecule has 2 fully saturated rings. The summed E-state index contributed by atoms with van der Waals surface area (Å²) in [4.78, 5) is 33.6. The van der Waals surface area contributed by atoms with Crippen molar-refractivity contribution in [1.82, 2.24) is 20.1 Å². The molecule has 2 amide bonds. The van der Waals surface area contributed by atoms with Crippen LogP contribution in [0.3, 0.4) is 0 Å². The van der Waals surface area contributed by atoms with Crippen LogP contribution >= 0.6 is 0 Å². The average Bonchev–Trinajstić information content (AvgIpc) is 2.70. The summed E-state index contributed by atoms with van der Waals surface area (Å²) in [6.07, 6.45) is 14.7. The van der Waals surface area contributed by atoms with Gasteiger partial charge in [-0.15, -0.1) is 6.42 Å². The summed E-state index contributed by atoms with van der Waals surface area (Å²) in [6, 6.07) is 3.62. The molecule has 0 spiro atoms. The average molecular weight is 368 g/mol. The lowest BCUT2D eigenvalue weighted by atomic mass is 9.93. The number of carbonyl (C=O) groups excluding carboxylic acids is 2. The summed E-state index contributed by atoms with van der Waals surface area (Å²) in [5, 5.41) is 2.90. The molecule has 1 N–H and O–H groups in total. The second-order valence-corrected chi connectivity index (χ2v) is 7.36. The van der Waals surface area contributed by atoms with Crippen LogP contribution in [0.1, 0.15) is 44.1 Å². The van der Waals surface area contributed by atoms with Crippen molar-refractivity contribution in [2.45, 2.75) is 57.2 Å². The Morgan fingerprint density at radius 1 is 1.37 bits per heavy atom. The first-order valence-corrected chi connectivity index (χ1v) is 9.82. The number of pyridine rings is 1. The summed E-state index contributed by atoms with van der Waals surface area (Å²) < 4.78 is 0. The SMILES string of the molecule is C#CCN(C(=O)C[C@@H]1C(=O)NCCN1Cc1cccnc1)C1CCCCC1. The van der Waals surface area contributed by atoms with Gasteiger partial charge in [0.1, 0.15) is 0 Å². The van der Waals surface area contributed by atoms with Gasteiger partial charge in [-0.3, -0.25) is 19.5 Å². The first kappa shape index (κ1) is 19.4. The third kappa shape index (κ3) is 5.08. The van der Waals surface area contributed by atoms with Crippen molar-refractivity contribution in [3.63, 3.8) is 0 Å². The highest BCUT2D eigenvalue weighted by atomic mass is 16.2. The number of hydrogen-bond donors (Lipinski definition) is 1. The fourth-order valence-corrected chi connectivity index (χ4v) is 4.09. The number of hydrogen-bond acceptors (Lipinski definition) is 4. The van der Waals surface area contributed by atoms with Crippen molar-refractivity contribution in [3.05, 3.63) is 30.1 Å². The molecule has 1 aliphatic carbocycles. The molecule has 6 nitrogen and oxygen atoms in total. The van der Waals surface area contributed by atoms with Crippen molar-refractivity contribution in [1.29, 1.82) is 0 Å². The third-order valence-electron chi connectivity index (χ3n) is 5.52. The molecule has 144 valence electrons. The number of carbonyl (C=O) groups is 2. The number of piperazine rings is 1. The van der Waals surface area contributed by atoms with Crippen LogP contribution in [0, 0.1) is 12.3 Å². The Balaban J connectivity index is 1.69. The van der Waals surface area contributed by atoms with E-state index in [9.17, 15) is 9.59 Å². The Hall–Kier alpha value is -2.39. The standard InChI is InChI=1S/C21H28N4O2/c1-2-12-25(18-8-4-3-5-9-18)20(26)14-19-21(27)23-11-13-24(19)16-17-7-6-10-22-15-17/h1,6-7,10,15,18-19H,3-5,8-9,11-14,16H2,(H,23,27)/t19-/m1/s1. The zero-order valence-electron chi connectivity index (χ0n) is 15.8. The third-order valence-corrected chi connectivity index (χ3v) is 5.52. The highest BCUT2D eigenvalue weighted by molar-refractivity contribution is 5.89. The molecule has 1 aromatic rings. The van der Waals surface area contributed by atoms with Crippen LogP contribution in [-0.4, -0.2) is 58.3 Å². The molecule has 0 bridgehead atoms. The zero-order chi connectivity index (χ0) is 19.1. The van der Waals surface area contributed by atoms with Crippen molar-refractivity contribution >= 4 is 11.8 Å². The number of nitrogens with one attached hydrogen (secondary N) is 1. The first-order chi connectivity index (χ1) is 13.2. The van der Waals surface area contributed by atoms with Gasteiger partial charge in [-0.2, -0.15) is 0 Å². The molecule has 1 aromatic heterocycles. The van der Waals surface area contributed by atoms with E-state index in [0.717, 1.165) is 37.8 Å². The van der Waals surface area contributed by atoms with Crippen LogP contribution in [0.5, 0.6) is 0 Å². The number of terminal acetylenes is 1. The quantitative estimate of drug-likeness (QED) is 0.774. The molecule has 2 heterocycles. The second kappa shape index (κ2) is 9.52. The molecular formula is C21H28N4O2. The normalized spacial score (nSPS) is 21.3.